The van der Waals surface area contributed by atoms with Gasteiger partial charge in [0.25, 0.3) is 5.91 Å². The molecule has 1 fully saturated rings. The second kappa shape index (κ2) is 8.10. The summed E-state index contributed by atoms with van der Waals surface area (Å²) in [4.78, 5) is 28.1. The highest BCUT2D eigenvalue weighted by Gasteiger charge is 2.22. The molecule has 1 aliphatic rings. The van der Waals surface area contributed by atoms with E-state index >= 15 is 0 Å². The maximum absolute atomic E-state index is 12.2. The highest BCUT2D eigenvalue weighted by Crippen LogP contribution is 2.24. The molecule has 1 aromatic carbocycles. The number of H-pyrrole nitrogens is 1. The first-order valence-electron chi connectivity index (χ1n) is 9.90. The Morgan fingerprint density at radius 1 is 1.29 bits per heavy atom. The molecule has 2 aromatic heterocycles. The third-order valence-electron chi connectivity index (χ3n) is 5.53. The van der Waals surface area contributed by atoms with Gasteiger partial charge in [-0.25, -0.2) is 9.97 Å². The van der Waals surface area contributed by atoms with Gasteiger partial charge in [0, 0.05) is 50.0 Å². The fourth-order valence-electron chi connectivity index (χ4n) is 4.14. The number of amides is 1. The Kier molecular flexibility index (Phi) is 5.39. The van der Waals surface area contributed by atoms with Crippen molar-refractivity contribution in [3.8, 4) is 0 Å². The molecule has 1 amide bonds. The predicted molar refractivity (Wildman–Crippen MR) is 110 cm³/mol. The minimum absolute atomic E-state index is 0.0754. The first-order chi connectivity index (χ1) is 13.6. The minimum atomic E-state index is -0.0754. The zero-order valence-electron chi connectivity index (χ0n) is 16.6. The SMILES string of the molecule is CN(C)C(=O)c1cc(CC2CCCN(Cc3cccc4[nH]ccc34)C2)ncn1. The van der Waals surface area contributed by atoms with Gasteiger partial charge >= 0.3 is 0 Å². The van der Waals surface area contributed by atoms with Gasteiger partial charge in [-0.1, -0.05) is 12.1 Å². The van der Waals surface area contributed by atoms with Crippen LogP contribution in [0.4, 0.5) is 0 Å². The van der Waals surface area contributed by atoms with Crippen LogP contribution in [0.15, 0.2) is 42.9 Å². The van der Waals surface area contributed by atoms with Crippen molar-refractivity contribution in [2.24, 2.45) is 5.92 Å². The summed E-state index contributed by atoms with van der Waals surface area (Å²) in [6.07, 6.45) is 6.81. The number of aromatic amines is 1. The molecule has 1 aliphatic heterocycles. The van der Waals surface area contributed by atoms with Crippen LogP contribution < -0.4 is 0 Å². The zero-order valence-corrected chi connectivity index (χ0v) is 16.6. The van der Waals surface area contributed by atoms with Crippen molar-refractivity contribution in [2.45, 2.75) is 25.8 Å². The lowest BCUT2D eigenvalue weighted by Gasteiger charge is -2.32. The molecule has 0 spiro atoms. The summed E-state index contributed by atoms with van der Waals surface area (Å²) in [5, 5.41) is 1.31. The summed E-state index contributed by atoms with van der Waals surface area (Å²) >= 11 is 0. The number of fused-ring (bicyclic) bond motifs is 1. The second-order valence-electron chi connectivity index (χ2n) is 7.90. The molecular formula is C22H27N5O. The third kappa shape index (κ3) is 4.07. The predicted octanol–water partition coefficient (Wildman–Crippen LogP) is 3.11. The van der Waals surface area contributed by atoms with Gasteiger partial charge in [0.2, 0.25) is 0 Å². The zero-order chi connectivity index (χ0) is 19.5. The standard InChI is InChI=1S/C22H27N5O/c1-26(2)22(28)21-12-18(24-15-25-21)11-16-5-4-10-27(13-16)14-17-6-3-7-20-19(17)8-9-23-20/h3,6-9,12,15-16,23H,4-5,10-11,13-14H2,1-2H3. The van der Waals surface area contributed by atoms with Gasteiger partial charge in [-0.15, -0.1) is 0 Å². The number of hydrogen-bond donors (Lipinski definition) is 1. The molecule has 1 N–H and O–H groups in total. The van der Waals surface area contributed by atoms with Gasteiger partial charge in [0.05, 0.1) is 0 Å². The van der Waals surface area contributed by atoms with Crippen LogP contribution in [0.25, 0.3) is 10.9 Å². The molecule has 4 rings (SSSR count). The van der Waals surface area contributed by atoms with Crippen molar-refractivity contribution < 1.29 is 4.79 Å². The van der Waals surface area contributed by atoms with E-state index in [4.69, 9.17) is 0 Å². The summed E-state index contributed by atoms with van der Waals surface area (Å²) in [6.45, 7) is 3.16. The maximum atomic E-state index is 12.2. The van der Waals surface area contributed by atoms with Gasteiger partial charge in [-0.3, -0.25) is 9.69 Å². The number of piperidine rings is 1. The van der Waals surface area contributed by atoms with E-state index in [1.165, 1.54) is 35.6 Å². The van der Waals surface area contributed by atoms with Crippen LogP contribution in [0.3, 0.4) is 0 Å². The molecule has 3 aromatic rings. The summed E-state index contributed by atoms with van der Waals surface area (Å²) in [6, 6.07) is 10.5. The molecule has 0 saturated carbocycles. The molecule has 6 heteroatoms. The highest BCUT2D eigenvalue weighted by atomic mass is 16.2. The van der Waals surface area contributed by atoms with E-state index in [2.05, 4.69) is 44.1 Å². The third-order valence-corrected chi connectivity index (χ3v) is 5.53. The number of carbonyl (C=O) groups is 1. The first-order valence-corrected chi connectivity index (χ1v) is 9.90. The lowest BCUT2D eigenvalue weighted by atomic mass is 9.92. The number of benzene rings is 1. The van der Waals surface area contributed by atoms with Crippen molar-refractivity contribution in [3.05, 3.63) is 59.8 Å². The normalized spacial score (nSPS) is 17.7. The van der Waals surface area contributed by atoms with Crippen LogP contribution >= 0.6 is 0 Å². The Morgan fingerprint density at radius 2 is 2.18 bits per heavy atom. The fraction of sp³-hybridized carbons (Fsp3) is 0.409. The quantitative estimate of drug-likeness (QED) is 0.742. The Hall–Kier alpha value is -2.73. The maximum Gasteiger partial charge on any atom is 0.272 e. The van der Waals surface area contributed by atoms with Crippen molar-refractivity contribution in [2.75, 3.05) is 27.2 Å². The Bertz CT molecular complexity index is 964. The van der Waals surface area contributed by atoms with Crippen molar-refractivity contribution in [1.29, 1.82) is 0 Å². The lowest BCUT2D eigenvalue weighted by molar-refractivity contribution is 0.0821. The average molecular weight is 377 g/mol. The van der Waals surface area contributed by atoms with Crippen LogP contribution in [-0.4, -0.2) is 57.8 Å². The number of rotatable bonds is 5. The molecule has 1 saturated heterocycles. The molecule has 6 nitrogen and oxygen atoms in total. The van der Waals surface area contributed by atoms with Gasteiger partial charge in [0.15, 0.2) is 0 Å². The fourth-order valence-corrected chi connectivity index (χ4v) is 4.14. The molecule has 1 atom stereocenters. The van der Waals surface area contributed by atoms with E-state index in [1.807, 2.05) is 12.3 Å². The van der Waals surface area contributed by atoms with Crippen LogP contribution in [0, 0.1) is 5.92 Å². The van der Waals surface area contributed by atoms with Crippen molar-refractivity contribution >= 4 is 16.8 Å². The molecule has 1 unspecified atom stereocenters. The number of nitrogens with zero attached hydrogens (tertiary/aromatic N) is 4. The minimum Gasteiger partial charge on any atom is -0.361 e. The smallest absolute Gasteiger partial charge is 0.272 e. The van der Waals surface area contributed by atoms with Gasteiger partial charge in [-0.05, 0) is 55.5 Å². The van der Waals surface area contributed by atoms with Gasteiger partial charge in [-0.2, -0.15) is 0 Å². The van der Waals surface area contributed by atoms with Crippen molar-refractivity contribution in [3.63, 3.8) is 0 Å². The van der Waals surface area contributed by atoms with Crippen LogP contribution in [-0.2, 0) is 13.0 Å². The summed E-state index contributed by atoms with van der Waals surface area (Å²) in [5.74, 6) is 0.477. The monoisotopic (exact) mass is 377 g/mol. The summed E-state index contributed by atoms with van der Waals surface area (Å²) in [7, 11) is 3.49. The topological polar surface area (TPSA) is 65.1 Å². The van der Waals surface area contributed by atoms with E-state index in [0.29, 0.717) is 11.6 Å². The van der Waals surface area contributed by atoms with Crippen LogP contribution in [0.1, 0.15) is 34.6 Å². The largest absolute Gasteiger partial charge is 0.361 e. The molecule has 28 heavy (non-hydrogen) atoms. The van der Waals surface area contributed by atoms with E-state index in [-0.39, 0.29) is 5.91 Å². The second-order valence-corrected chi connectivity index (χ2v) is 7.90. The molecule has 146 valence electrons. The number of aromatic nitrogens is 3. The Morgan fingerprint density at radius 3 is 3.04 bits per heavy atom. The molecule has 0 bridgehead atoms. The number of nitrogens with one attached hydrogen (secondary N) is 1. The molecule has 3 heterocycles. The van der Waals surface area contributed by atoms with E-state index in [1.54, 1.807) is 19.0 Å². The Balaban J connectivity index is 1.42. The average Bonchev–Trinajstić information content (AvgIpc) is 3.18. The van der Waals surface area contributed by atoms with Crippen molar-refractivity contribution in [1.82, 2.24) is 24.8 Å². The lowest BCUT2D eigenvalue weighted by Crippen LogP contribution is -2.36. The first kappa shape index (κ1) is 18.6. The molecule has 0 aliphatic carbocycles. The van der Waals surface area contributed by atoms with E-state index in [9.17, 15) is 4.79 Å². The van der Waals surface area contributed by atoms with Crippen LogP contribution in [0.5, 0.6) is 0 Å². The van der Waals surface area contributed by atoms with Gasteiger partial charge in [0.1, 0.15) is 12.0 Å². The number of hydrogen-bond acceptors (Lipinski definition) is 4. The molecular weight excluding hydrogens is 350 g/mol. The summed E-state index contributed by atoms with van der Waals surface area (Å²) < 4.78 is 0. The van der Waals surface area contributed by atoms with E-state index in [0.717, 1.165) is 31.7 Å². The number of likely N-dealkylation sites (tertiary alicyclic amines) is 1. The molecule has 0 radical (unpaired) electrons. The Labute approximate surface area is 165 Å². The number of carbonyl (C=O) groups excluding carboxylic acids is 1. The summed E-state index contributed by atoms with van der Waals surface area (Å²) in [5.41, 5.74) is 4.01. The van der Waals surface area contributed by atoms with Crippen LogP contribution in [0.2, 0.25) is 0 Å². The highest BCUT2D eigenvalue weighted by molar-refractivity contribution is 5.91. The van der Waals surface area contributed by atoms with Gasteiger partial charge < -0.3 is 9.88 Å². The van der Waals surface area contributed by atoms with E-state index < -0.39 is 0 Å².